The molecule has 158 valence electrons. The minimum Gasteiger partial charge on any atom is -0.314 e. The maximum Gasteiger partial charge on any atom is 0.132 e. The van der Waals surface area contributed by atoms with E-state index in [1.165, 1.54) is 11.6 Å². The summed E-state index contributed by atoms with van der Waals surface area (Å²) < 4.78 is 14.4. The van der Waals surface area contributed by atoms with Gasteiger partial charge >= 0.3 is 0 Å². The number of rotatable bonds is 5. The van der Waals surface area contributed by atoms with Gasteiger partial charge in [-0.3, -0.25) is 9.98 Å². The molecule has 31 heavy (non-hydrogen) atoms. The second-order valence-electron chi connectivity index (χ2n) is 7.90. The number of allylic oxidation sites excluding steroid dienone is 1. The van der Waals surface area contributed by atoms with Gasteiger partial charge in [0.2, 0.25) is 0 Å². The van der Waals surface area contributed by atoms with E-state index in [1.807, 2.05) is 24.4 Å². The Morgan fingerprint density at radius 1 is 1.10 bits per heavy atom. The molecule has 0 spiro atoms. The maximum atomic E-state index is 14.4. The van der Waals surface area contributed by atoms with Crippen LogP contribution in [0.1, 0.15) is 23.2 Å². The summed E-state index contributed by atoms with van der Waals surface area (Å²) in [5.74, 6) is -0.341. The number of hydrogen-bond acceptors (Lipinski definition) is 5. The smallest absolute Gasteiger partial charge is 0.132 e. The minimum atomic E-state index is -0.341. The third-order valence-electron chi connectivity index (χ3n) is 5.76. The van der Waals surface area contributed by atoms with E-state index in [0.29, 0.717) is 28.9 Å². The van der Waals surface area contributed by atoms with Crippen LogP contribution in [0.3, 0.4) is 0 Å². The van der Waals surface area contributed by atoms with Gasteiger partial charge in [-0.05, 0) is 54.8 Å². The number of piperazine rings is 1. The predicted molar refractivity (Wildman–Crippen MR) is 123 cm³/mol. The Labute approximate surface area is 185 Å². The van der Waals surface area contributed by atoms with Crippen LogP contribution in [0.4, 0.5) is 4.39 Å². The van der Waals surface area contributed by atoms with Gasteiger partial charge < -0.3 is 10.6 Å². The molecule has 5 nitrogen and oxygen atoms in total. The van der Waals surface area contributed by atoms with Gasteiger partial charge in [0.1, 0.15) is 5.82 Å². The molecule has 2 aliphatic heterocycles. The Hall–Kier alpha value is -2.67. The molecule has 1 saturated heterocycles. The second-order valence-corrected chi connectivity index (χ2v) is 8.34. The number of pyridine rings is 2. The molecule has 0 amide bonds. The number of fused-ring (bicyclic) bond motifs is 1. The molecule has 0 radical (unpaired) electrons. The summed E-state index contributed by atoms with van der Waals surface area (Å²) in [5, 5.41) is 7.44. The number of halogens is 2. The van der Waals surface area contributed by atoms with Crippen LogP contribution in [-0.2, 0) is 6.42 Å². The summed E-state index contributed by atoms with van der Waals surface area (Å²) in [7, 11) is 0. The lowest BCUT2D eigenvalue weighted by atomic mass is 9.99. The minimum absolute atomic E-state index is 0.341. The van der Waals surface area contributed by atoms with E-state index in [4.69, 9.17) is 16.6 Å². The van der Waals surface area contributed by atoms with Crippen LogP contribution in [0.2, 0.25) is 5.02 Å². The van der Waals surface area contributed by atoms with Gasteiger partial charge in [-0.25, -0.2) is 9.37 Å². The van der Waals surface area contributed by atoms with Gasteiger partial charge in [0.15, 0.2) is 0 Å². The third kappa shape index (κ3) is 4.37. The monoisotopic (exact) mass is 435 g/mol. The first-order chi connectivity index (χ1) is 15.2. The molecular formula is C24H23ClFN5. The summed E-state index contributed by atoms with van der Waals surface area (Å²) in [4.78, 5) is 13.9. The van der Waals surface area contributed by atoms with Crippen molar-refractivity contribution in [2.45, 2.75) is 18.9 Å². The molecule has 0 saturated carbocycles. The second kappa shape index (κ2) is 8.83. The van der Waals surface area contributed by atoms with Gasteiger partial charge in [-0.15, -0.1) is 0 Å². The lowest BCUT2D eigenvalue weighted by Gasteiger charge is -2.24. The van der Waals surface area contributed by atoms with Gasteiger partial charge in [-0.2, -0.15) is 0 Å². The number of nitrogens with one attached hydrogen (secondary N) is 2. The quantitative estimate of drug-likeness (QED) is 0.640. The van der Waals surface area contributed by atoms with Crippen molar-refractivity contribution in [2.24, 2.45) is 4.99 Å². The first-order valence-corrected chi connectivity index (χ1v) is 11.0. The van der Waals surface area contributed by atoms with Crippen LogP contribution in [0, 0.1) is 5.82 Å². The van der Waals surface area contributed by atoms with E-state index < -0.39 is 0 Å². The van der Waals surface area contributed by atoms with Gasteiger partial charge in [0.05, 0.1) is 29.0 Å². The van der Waals surface area contributed by atoms with Crippen LogP contribution >= 0.6 is 11.6 Å². The van der Waals surface area contributed by atoms with Crippen molar-refractivity contribution in [2.75, 3.05) is 26.2 Å². The Kier molecular flexibility index (Phi) is 5.76. The van der Waals surface area contributed by atoms with Crippen molar-refractivity contribution in [1.82, 2.24) is 20.6 Å². The molecular weight excluding hydrogens is 413 g/mol. The highest BCUT2D eigenvalue weighted by molar-refractivity contribution is 6.35. The van der Waals surface area contributed by atoms with E-state index in [2.05, 4.69) is 26.7 Å². The van der Waals surface area contributed by atoms with Crippen molar-refractivity contribution in [3.8, 4) is 0 Å². The fraction of sp³-hybridized carbons (Fsp3) is 0.292. The van der Waals surface area contributed by atoms with E-state index >= 15 is 0 Å². The SMILES string of the molecule is Fc1ccc(Cl)cc1C1=NCC=C1c1ccc2ncc(CCC3CNCCN3)cc2n1. The molecule has 0 bridgehead atoms. The molecule has 5 rings (SSSR count). The van der Waals surface area contributed by atoms with Crippen molar-refractivity contribution in [3.05, 3.63) is 76.3 Å². The molecule has 2 aromatic heterocycles. The molecule has 2 aliphatic rings. The lowest BCUT2D eigenvalue weighted by Crippen LogP contribution is -2.48. The first-order valence-electron chi connectivity index (χ1n) is 10.6. The number of hydrogen-bond donors (Lipinski definition) is 2. The van der Waals surface area contributed by atoms with Gasteiger partial charge in [-0.1, -0.05) is 17.7 Å². The zero-order valence-electron chi connectivity index (χ0n) is 17.0. The summed E-state index contributed by atoms with van der Waals surface area (Å²) in [6.45, 7) is 3.54. The molecule has 0 aliphatic carbocycles. The fourth-order valence-electron chi connectivity index (χ4n) is 4.14. The Morgan fingerprint density at radius 2 is 2.03 bits per heavy atom. The van der Waals surface area contributed by atoms with Gasteiger partial charge in [0, 0.05) is 48.0 Å². The normalized spacial score (nSPS) is 18.8. The highest BCUT2D eigenvalue weighted by atomic mass is 35.5. The van der Waals surface area contributed by atoms with Crippen molar-refractivity contribution >= 4 is 33.9 Å². The number of aryl methyl sites for hydroxylation is 1. The van der Waals surface area contributed by atoms with Gasteiger partial charge in [0.25, 0.3) is 0 Å². The Balaban J connectivity index is 1.41. The molecule has 1 aromatic carbocycles. The maximum absolute atomic E-state index is 14.4. The Bertz CT molecular complexity index is 1180. The summed E-state index contributed by atoms with van der Waals surface area (Å²) in [6.07, 6.45) is 5.90. The highest BCUT2D eigenvalue weighted by Crippen LogP contribution is 2.28. The van der Waals surface area contributed by atoms with Crippen molar-refractivity contribution in [3.63, 3.8) is 0 Å². The third-order valence-corrected chi connectivity index (χ3v) is 6.00. The van der Waals surface area contributed by atoms with Crippen LogP contribution < -0.4 is 10.6 Å². The fourth-order valence-corrected chi connectivity index (χ4v) is 4.31. The van der Waals surface area contributed by atoms with E-state index in [9.17, 15) is 4.39 Å². The molecule has 3 aromatic rings. The van der Waals surface area contributed by atoms with Crippen LogP contribution in [0.5, 0.6) is 0 Å². The molecule has 4 heterocycles. The molecule has 1 fully saturated rings. The standard InChI is InChI=1S/C24H23ClFN5/c25-16-2-4-20(26)19(12-16)24-18(7-8-29-24)21-5-6-22-23(31-21)11-15(13-30-22)1-3-17-14-27-9-10-28-17/h2,4-7,11-13,17,27-28H,1,3,8-10,14H2. The van der Waals surface area contributed by atoms with Crippen LogP contribution in [-0.4, -0.2) is 47.9 Å². The summed E-state index contributed by atoms with van der Waals surface area (Å²) >= 11 is 6.10. The molecule has 1 unspecified atom stereocenters. The Morgan fingerprint density at radius 3 is 2.90 bits per heavy atom. The molecule has 1 atom stereocenters. The summed E-state index contributed by atoms with van der Waals surface area (Å²) in [5.41, 5.74) is 5.43. The van der Waals surface area contributed by atoms with E-state index in [0.717, 1.165) is 54.8 Å². The summed E-state index contributed by atoms with van der Waals surface area (Å²) in [6, 6.07) is 11.0. The number of benzene rings is 1. The first kappa shape index (κ1) is 20.2. The number of aromatic nitrogens is 2. The topological polar surface area (TPSA) is 62.2 Å². The van der Waals surface area contributed by atoms with E-state index in [-0.39, 0.29) is 5.82 Å². The highest BCUT2D eigenvalue weighted by Gasteiger charge is 2.21. The molecule has 7 heteroatoms. The molecule has 2 N–H and O–H groups in total. The van der Waals surface area contributed by atoms with Crippen LogP contribution in [0.15, 0.2) is 53.7 Å². The van der Waals surface area contributed by atoms with Crippen LogP contribution in [0.25, 0.3) is 16.6 Å². The lowest BCUT2D eigenvalue weighted by molar-refractivity contribution is 0.399. The average molecular weight is 436 g/mol. The van der Waals surface area contributed by atoms with Crippen molar-refractivity contribution < 1.29 is 4.39 Å². The average Bonchev–Trinajstić information content (AvgIpc) is 3.29. The largest absolute Gasteiger partial charge is 0.314 e. The van der Waals surface area contributed by atoms with E-state index in [1.54, 1.807) is 12.1 Å². The number of aliphatic imine (C=N–C) groups is 1. The number of nitrogens with zero attached hydrogens (tertiary/aromatic N) is 3. The zero-order chi connectivity index (χ0) is 21.2. The van der Waals surface area contributed by atoms with Crippen molar-refractivity contribution in [1.29, 1.82) is 0 Å². The zero-order valence-corrected chi connectivity index (χ0v) is 17.8. The predicted octanol–water partition coefficient (Wildman–Crippen LogP) is 3.80.